The molecule has 0 aromatic heterocycles. The Morgan fingerprint density at radius 1 is 0.808 bits per heavy atom. The summed E-state index contributed by atoms with van der Waals surface area (Å²) in [5.74, 6) is 0.123. The maximum absolute atomic E-state index is 12.0. The van der Waals surface area contributed by atoms with Crippen molar-refractivity contribution in [1.82, 2.24) is 0 Å². The van der Waals surface area contributed by atoms with Crippen LogP contribution in [-0.4, -0.2) is 11.9 Å². The first-order chi connectivity index (χ1) is 12.6. The summed E-state index contributed by atoms with van der Waals surface area (Å²) in [4.78, 5) is 23.9. The molecule has 0 saturated heterocycles. The normalized spacial score (nSPS) is 10.5. The van der Waals surface area contributed by atoms with E-state index < -0.39 is 5.97 Å². The van der Waals surface area contributed by atoms with Crippen molar-refractivity contribution in [3.63, 3.8) is 0 Å². The monoisotopic (exact) mass is 368 g/mol. The number of esters is 2. The second kappa shape index (κ2) is 8.50. The Morgan fingerprint density at radius 3 is 2.31 bits per heavy atom. The molecule has 3 aromatic rings. The molecule has 0 saturated carbocycles. The van der Waals surface area contributed by atoms with Crippen molar-refractivity contribution < 1.29 is 19.1 Å². The van der Waals surface area contributed by atoms with Crippen LogP contribution >= 0.6 is 11.6 Å². The topological polar surface area (TPSA) is 52.6 Å². The van der Waals surface area contributed by atoms with Gasteiger partial charge >= 0.3 is 11.9 Å². The third-order valence-electron chi connectivity index (χ3n) is 3.76. The van der Waals surface area contributed by atoms with Gasteiger partial charge in [-0.1, -0.05) is 54.1 Å². The molecule has 132 valence electrons. The Morgan fingerprint density at radius 2 is 1.50 bits per heavy atom. The fourth-order valence-corrected chi connectivity index (χ4v) is 2.73. The summed E-state index contributed by atoms with van der Waals surface area (Å²) in [5.41, 5.74) is 0. The van der Waals surface area contributed by atoms with Gasteiger partial charge in [0.2, 0.25) is 0 Å². The van der Waals surface area contributed by atoms with Crippen molar-refractivity contribution in [2.45, 2.75) is 19.3 Å². The molecular weight excluding hydrogens is 352 g/mol. The number of benzene rings is 3. The van der Waals surface area contributed by atoms with Crippen molar-refractivity contribution in [3.05, 3.63) is 71.8 Å². The van der Waals surface area contributed by atoms with Gasteiger partial charge in [0, 0.05) is 23.3 Å². The number of carbonyl (C=O) groups excluding carboxylic acids is 2. The van der Waals surface area contributed by atoms with Crippen molar-refractivity contribution in [3.8, 4) is 11.5 Å². The SMILES string of the molecule is O=C(CCCC(=O)Oc1cccc2ccccc12)Oc1cccc(Cl)c1. The number of fused-ring (bicyclic) bond motifs is 1. The first-order valence-electron chi connectivity index (χ1n) is 8.26. The molecular formula is C21H17ClO4. The van der Waals surface area contributed by atoms with Crippen molar-refractivity contribution >= 4 is 34.3 Å². The Kier molecular flexibility index (Phi) is 5.87. The van der Waals surface area contributed by atoms with Gasteiger partial charge in [-0.15, -0.1) is 0 Å². The molecule has 0 unspecified atom stereocenters. The lowest BCUT2D eigenvalue weighted by atomic mass is 10.1. The molecule has 26 heavy (non-hydrogen) atoms. The Balaban J connectivity index is 1.49. The molecule has 5 heteroatoms. The molecule has 0 heterocycles. The molecule has 0 radical (unpaired) electrons. The van der Waals surface area contributed by atoms with Gasteiger partial charge in [0.15, 0.2) is 0 Å². The predicted octanol–water partition coefficient (Wildman–Crippen LogP) is 5.17. The minimum atomic E-state index is -0.412. The summed E-state index contributed by atoms with van der Waals surface area (Å²) in [7, 11) is 0. The number of carbonyl (C=O) groups is 2. The minimum Gasteiger partial charge on any atom is -0.426 e. The first-order valence-corrected chi connectivity index (χ1v) is 8.64. The van der Waals surface area contributed by atoms with E-state index >= 15 is 0 Å². The number of hydrogen-bond donors (Lipinski definition) is 0. The molecule has 0 bridgehead atoms. The Labute approximate surface area is 156 Å². The molecule has 0 N–H and O–H groups in total. The summed E-state index contributed by atoms with van der Waals surface area (Å²) < 4.78 is 10.6. The number of halogens is 1. The van der Waals surface area contributed by atoms with E-state index in [1.165, 1.54) is 0 Å². The van der Waals surface area contributed by atoms with Gasteiger partial charge in [0.25, 0.3) is 0 Å². The lowest BCUT2D eigenvalue weighted by Gasteiger charge is -2.08. The quantitative estimate of drug-likeness (QED) is 0.444. The molecule has 3 aromatic carbocycles. The molecule has 0 atom stereocenters. The fourth-order valence-electron chi connectivity index (χ4n) is 2.55. The van der Waals surface area contributed by atoms with Gasteiger partial charge in [0.1, 0.15) is 11.5 Å². The van der Waals surface area contributed by atoms with Crippen LogP contribution in [0.3, 0.4) is 0 Å². The lowest BCUT2D eigenvalue weighted by Crippen LogP contribution is -2.11. The smallest absolute Gasteiger partial charge is 0.311 e. The number of rotatable bonds is 6. The van der Waals surface area contributed by atoms with Gasteiger partial charge in [0.05, 0.1) is 0 Å². The highest BCUT2D eigenvalue weighted by molar-refractivity contribution is 6.30. The van der Waals surface area contributed by atoms with E-state index in [-0.39, 0.29) is 18.8 Å². The maximum atomic E-state index is 12.0. The van der Waals surface area contributed by atoms with Gasteiger partial charge in [-0.05, 0) is 36.1 Å². The van der Waals surface area contributed by atoms with Crippen molar-refractivity contribution in [2.75, 3.05) is 0 Å². The van der Waals surface area contributed by atoms with E-state index in [1.807, 2.05) is 36.4 Å². The number of ether oxygens (including phenoxy) is 2. The van der Waals surface area contributed by atoms with Gasteiger partial charge in [-0.2, -0.15) is 0 Å². The van der Waals surface area contributed by atoms with Crippen LogP contribution in [0.1, 0.15) is 19.3 Å². The fraction of sp³-hybridized carbons (Fsp3) is 0.143. The molecule has 0 aliphatic carbocycles. The number of hydrogen-bond acceptors (Lipinski definition) is 4. The van der Waals surface area contributed by atoms with Gasteiger partial charge in [-0.25, -0.2) is 0 Å². The van der Waals surface area contributed by atoms with Gasteiger partial charge in [-0.3, -0.25) is 9.59 Å². The summed E-state index contributed by atoms with van der Waals surface area (Å²) in [6, 6.07) is 19.9. The summed E-state index contributed by atoms with van der Waals surface area (Å²) in [6.07, 6.45) is 0.605. The minimum absolute atomic E-state index is 0.122. The summed E-state index contributed by atoms with van der Waals surface area (Å²) >= 11 is 5.84. The zero-order valence-corrected chi connectivity index (χ0v) is 14.7. The zero-order valence-electron chi connectivity index (χ0n) is 14.0. The Bertz CT molecular complexity index is 931. The first kappa shape index (κ1) is 18.0. The average molecular weight is 369 g/mol. The van der Waals surface area contributed by atoms with E-state index in [0.29, 0.717) is 22.9 Å². The van der Waals surface area contributed by atoms with Crippen LogP contribution in [0.15, 0.2) is 66.7 Å². The van der Waals surface area contributed by atoms with E-state index in [9.17, 15) is 9.59 Å². The van der Waals surface area contributed by atoms with Crippen LogP contribution in [0.2, 0.25) is 5.02 Å². The van der Waals surface area contributed by atoms with Gasteiger partial charge < -0.3 is 9.47 Å². The largest absolute Gasteiger partial charge is 0.426 e. The van der Waals surface area contributed by atoms with E-state index in [1.54, 1.807) is 30.3 Å². The van der Waals surface area contributed by atoms with Crippen LogP contribution in [0, 0.1) is 0 Å². The zero-order chi connectivity index (χ0) is 18.4. The second-order valence-corrected chi connectivity index (χ2v) is 6.17. The highest BCUT2D eigenvalue weighted by atomic mass is 35.5. The van der Waals surface area contributed by atoms with E-state index in [4.69, 9.17) is 21.1 Å². The molecule has 0 aliphatic rings. The van der Waals surface area contributed by atoms with E-state index in [2.05, 4.69) is 0 Å². The molecule has 0 fully saturated rings. The molecule has 0 aliphatic heterocycles. The molecule has 0 spiro atoms. The predicted molar refractivity (Wildman–Crippen MR) is 101 cm³/mol. The highest BCUT2D eigenvalue weighted by Crippen LogP contribution is 2.25. The van der Waals surface area contributed by atoms with Crippen molar-refractivity contribution in [1.29, 1.82) is 0 Å². The third-order valence-corrected chi connectivity index (χ3v) is 4.00. The third kappa shape index (κ3) is 4.83. The van der Waals surface area contributed by atoms with Crippen LogP contribution < -0.4 is 9.47 Å². The summed E-state index contributed by atoms with van der Waals surface area (Å²) in [5, 5.41) is 2.38. The van der Waals surface area contributed by atoms with Crippen LogP contribution in [0.25, 0.3) is 10.8 Å². The van der Waals surface area contributed by atoms with Crippen molar-refractivity contribution in [2.24, 2.45) is 0 Å². The molecule has 4 nitrogen and oxygen atoms in total. The average Bonchev–Trinajstić information content (AvgIpc) is 2.62. The summed E-state index contributed by atoms with van der Waals surface area (Å²) in [6.45, 7) is 0. The van der Waals surface area contributed by atoms with Crippen LogP contribution in [0.4, 0.5) is 0 Å². The molecule has 3 rings (SSSR count). The Hall–Kier alpha value is -2.85. The van der Waals surface area contributed by atoms with Crippen LogP contribution in [0.5, 0.6) is 11.5 Å². The second-order valence-electron chi connectivity index (χ2n) is 5.74. The lowest BCUT2D eigenvalue weighted by molar-refractivity contribution is -0.135. The highest BCUT2D eigenvalue weighted by Gasteiger charge is 2.11. The maximum Gasteiger partial charge on any atom is 0.311 e. The van der Waals surface area contributed by atoms with Crippen LogP contribution in [-0.2, 0) is 9.59 Å². The molecule has 0 amide bonds. The standard InChI is InChI=1S/C21H17ClO4/c22-16-8-4-9-17(14-16)25-20(23)12-5-13-21(24)26-19-11-3-7-15-6-1-2-10-18(15)19/h1-4,6-11,14H,5,12-13H2. The van der Waals surface area contributed by atoms with E-state index in [0.717, 1.165) is 10.8 Å².